The zero-order valence-electron chi connectivity index (χ0n) is 10.5. The number of amides is 1. The van der Waals surface area contributed by atoms with Crippen LogP contribution in [0.4, 0.5) is 5.69 Å². The van der Waals surface area contributed by atoms with Gasteiger partial charge in [-0.1, -0.05) is 13.3 Å². The first-order chi connectivity index (χ1) is 8.08. The van der Waals surface area contributed by atoms with Crippen molar-refractivity contribution in [3.63, 3.8) is 0 Å². The molecule has 3 N–H and O–H groups in total. The van der Waals surface area contributed by atoms with E-state index in [2.05, 4.69) is 12.2 Å². The number of rotatable bonds is 2. The monoisotopic (exact) mass is 232 g/mol. The summed E-state index contributed by atoms with van der Waals surface area (Å²) in [5, 5.41) is 3.11. The zero-order chi connectivity index (χ0) is 12.4. The van der Waals surface area contributed by atoms with Crippen molar-refractivity contribution in [3.8, 4) is 0 Å². The molecule has 1 aliphatic rings. The van der Waals surface area contributed by atoms with Gasteiger partial charge in [-0.3, -0.25) is 4.79 Å². The summed E-state index contributed by atoms with van der Waals surface area (Å²) in [5.74, 6) is 0.612. The second-order valence-corrected chi connectivity index (χ2v) is 5.06. The molecule has 0 saturated heterocycles. The second-order valence-electron chi connectivity index (χ2n) is 5.06. The Morgan fingerprint density at radius 2 is 2.18 bits per heavy atom. The maximum Gasteiger partial charge on any atom is 0.251 e. The van der Waals surface area contributed by atoms with E-state index in [1.54, 1.807) is 12.1 Å². The van der Waals surface area contributed by atoms with Crippen molar-refractivity contribution in [1.82, 2.24) is 5.32 Å². The Hall–Kier alpha value is -1.51. The predicted octanol–water partition coefficient (Wildman–Crippen LogP) is 2.50. The molecule has 17 heavy (non-hydrogen) atoms. The lowest BCUT2D eigenvalue weighted by molar-refractivity contribution is 0.0929. The smallest absolute Gasteiger partial charge is 0.251 e. The molecular formula is C14H20N2O. The highest BCUT2D eigenvalue weighted by Crippen LogP contribution is 2.25. The summed E-state index contributed by atoms with van der Waals surface area (Å²) in [7, 11) is 0. The summed E-state index contributed by atoms with van der Waals surface area (Å²) in [6.45, 7) is 4.12. The van der Waals surface area contributed by atoms with Crippen LogP contribution in [-0.4, -0.2) is 11.9 Å². The summed E-state index contributed by atoms with van der Waals surface area (Å²) < 4.78 is 0. The van der Waals surface area contributed by atoms with E-state index in [4.69, 9.17) is 5.73 Å². The van der Waals surface area contributed by atoms with Gasteiger partial charge >= 0.3 is 0 Å². The molecule has 1 fully saturated rings. The number of aryl methyl sites for hydroxylation is 1. The Kier molecular flexibility index (Phi) is 3.36. The Morgan fingerprint density at radius 3 is 2.76 bits per heavy atom. The van der Waals surface area contributed by atoms with Gasteiger partial charge in [0.15, 0.2) is 0 Å². The number of nitrogens with two attached hydrogens (primary N) is 1. The maximum atomic E-state index is 12.1. The predicted molar refractivity (Wildman–Crippen MR) is 69.9 cm³/mol. The Labute approximate surface area is 102 Å². The minimum atomic E-state index is 0.0202. The van der Waals surface area contributed by atoms with E-state index in [1.807, 2.05) is 13.0 Å². The number of carbonyl (C=O) groups excluding carboxylic acids is 1. The number of nitrogen functional groups attached to an aromatic ring is 1. The molecule has 0 spiro atoms. The van der Waals surface area contributed by atoms with Crippen molar-refractivity contribution in [2.24, 2.45) is 5.92 Å². The number of carbonyl (C=O) groups is 1. The summed E-state index contributed by atoms with van der Waals surface area (Å²) in [6, 6.07) is 5.77. The van der Waals surface area contributed by atoms with Gasteiger partial charge in [0.2, 0.25) is 0 Å². The van der Waals surface area contributed by atoms with E-state index in [-0.39, 0.29) is 5.91 Å². The lowest BCUT2D eigenvalue weighted by Crippen LogP contribution is -2.36. The standard InChI is InChI=1S/C14H20N2O/c1-9-4-3-5-13(9)16-14(17)11-6-7-12(15)10(2)8-11/h6-9,13H,3-5,15H2,1-2H3,(H,16,17). The quantitative estimate of drug-likeness (QED) is 0.770. The molecule has 1 aromatic rings. The first-order valence-electron chi connectivity index (χ1n) is 6.25. The van der Waals surface area contributed by atoms with Crippen molar-refractivity contribution in [3.05, 3.63) is 29.3 Å². The topological polar surface area (TPSA) is 55.1 Å². The molecule has 2 atom stereocenters. The maximum absolute atomic E-state index is 12.1. The van der Waals surface area contributed by atoms with Crippen LogP contribution < -0.4 is 11.1 Å². The van der Waals surface area contributed by atoms with E-state index in [9.17, 15) is 4.79 Å². The van der Waals surface area contributed by atoms with Gasteiger partial charge in [0, 0.05) is 17.3 Å². The fourth-order valence-corrected chi connectivity index (χ4v) is 2.43. The van der Waals surface area contributed by atoms with Gasteiger partial charge in [-0.15, -0.1) is 0 Å². The molecule has 3 heteroatoms. The van der Waals surface area contributed by atoms with Crippen LogP contribution in [0.15, 0.2) is 18.2 Å². The van der Waals surface area contributed by atoms with Crippen molar-refractivity contribution in [2.45, 2.75) is 39.2 Å². The van der Waals surface area contributed by atoms with Crippen molar-refractivity contribution in [1.29, 1.82) is 0 Å². The Bertz CT molecular complexity index is 428. The van der Waals surface area contributed by atoms with Crippen molar-refractivity contribution < 1.29 is 4.79 Å². The molecule has 1 aromatic carbocycles. The van der Waals surface area contributed by atoms with Crippen LogP contribution in [0.1, 0.15) is 42.1 Å². The van der Waals surface area contributed by atoms with Crippen LogP contribution in [0.3, 0.4) is 0 Å². The van der Waals surface area contributed by atoms with Gasteiger partial charge in [0.1, 0.15) is 0 Å². The summed E-state index contributed by atoms with van der Waals surface area (Å²) in [6.07, 6.45) is 3.53. The van der Waals surface area contributed by atoms with Gasteiger partial charge in [0.25, 0.3) is 5.91 Å². The van der Waals surface area contributed by atoms with Gasteiger partial charge in [-0.25, -0.2) is 0 Å². The molecule has 92 valence electrons. The molecule has 2 unspecified atom stereocenters. The molecule has 3 nitrogen and oxygen atoms in total. The average molecular weight is 232 g/mol. The SMILES string of the molecule is Cc1cc(C(=O)NC2CCCC2C)ccc1N. The summed E-state index contributed by atoms with van der Waals surface area (Å²) in [5.41, 5.74) is 8.14. The molecule has 0 aliphatic heterocycles. The largest absolute Gasteiger partial charge is 0.399 e. The number of anilines is 1. The minimum Gasteiger partial charge on any atom is -0.399 e. The van der Waals surface area contributed by atoms with E-state index >= 15 is 0 Å². The first kappa shape index (κ1) is 12.0. The molecule has 0 radical (unpaired) electrons. The Morgan fingerprint density at radius 1 is 1.41 bits per heavy atom. The molecule has 1 aliphatic carbocycles. The molecule has 0 heterocycles. The fraction of sp³-hybridized carbons (Fsp3) is 0.500. The van der Waals surface area contributed by atoms with Crippen LogP contribution in [0.25, 0.3) is 0 Å². The van der Waals surface area contributed by atoms with Gasteiger partial charge in [-0.2, -0.15) is 0 Å². The van der Waals surface area contributed by atoms with Gasteiger partial charge < -0.3 is 11.1 Å². The van der Waals surface area contributed by atoms with Gasteiger partial charge in [0.05, 0.1) is 0 Å². The molecule has 0 aromatic heterocycles. The van der Waals surface area contributed by atoms with Crippen molar-refractivity contribution in [2.75, 3.05) is 5.73 Å². The summed E-state index contributed by atoms with van der Waals surface area (Å²) >= 11 is 0. The third kappa shape index (κ3) is 2.60. The minimum absolute atomic E-state index is 0.0202. The average Bonchev–Trinajstić information content (AvgIpc) is 2.68. The van der Waals surface area contributed by atoms with E-state index in [0.717, 1.165) is 17.7 Å². The van der Waals surface area contributed by atoms with Crippen LogP contribution in [0.5, 0.6) is 0 Å². The molecule has 2 rings (SSSR count). The number of nitrogens with one attached hydrogen (secondary N) is 1. The highest BCUT2D eigenvalue weighted by atomic mass is 16.1. The Balaban J connectivity index is 2.06. The molecule has 0 bridgehead atoms. The van der Waals surface area contributed by atoms with Crippen LogP contribution in [-0.2, 0) is 0 Å². The number of benzene rings is 1. The highest BCUT2D eigenvalue weighted by Gasteiger charge is 2.25. The third-order valence-electron chi connectivity index (χ3n) is 3.71. The van der Waals surface area contributed by atoms with Crippen LogP contribution >= 0.6 is 0 Å². The summed E-state index contributed by atoms with van der Waals surface area (Å²) in [4.78, 5) is 12.1. The van der Waals surface area contributed by atoms with Gasteiger partial charge in [-0.05, 0) is 49.4 Å². The van der Waals surface area contributed by atoms with Crippen LogP contribution in [0.2, 0.25) is 0 Å². The van der Waals surface area contributed by atoms with E-state index < -0.39 is 0 Å². The molecule has 1 amide bonds. The number of hydrogen-bond donors (Lipinski definition) is 2. The zero-order valence-corrected chi connectivity index (χ0v) is 10.5. The lowest BCUT2D eigenvalue weighted by atomic mass is 10.0. The molecular weight excluding hydrogens is 212 g/mol. The van der Waals surface area contributed by atoms with Crippen molar-refractivity contribution >= 4 is 11.6 Å². The second kappa shape index (κ2) is 4.78. The first-order valence-corrected chi connectivity index (χ1v) is 6.25. The third-order valence-corrected chi connectivity index (χ3v) is 3.71. The van der Waals surface area contributed by atoms with E-state index in [0.29, 0.717) is 17.5 Å². The normalized spacial score (nSPS) is 23.6. The van der Waals surface area contributed by atoms with E-state index in [1.165, 1.54) is 12.8 Å². The van der Waals surface area contributed by atoms with Crippen LogP contribution in [0, 0.1) is 12.8 Å². The lowest BCUT2D eigenvalue weighted by Gasteiger charge is -2.17. The highest BCUT2D eigenvalue weighted by molar-refractivity contribution is 5.95. The fourth-order valence-electron chi connectivity index (χ4n) is 2.43. The number of hydrogen-bond acceptors (Lipinski definition) is 2. The molecule has 1 saturated carbocycles.